The number of rotatable bonds is 5. The quantitative estimate of drug-likeness (QED) is 0.836. The fourth-order valence-corrected chi connectivity index (χ4v) is 1.84. The highest BCUT2D eigenvalue weighted by atomic mass is 35.5. The average molecular weight is 247 g/mol. The van der Waals surface area contributed by atoms with Crippen LogP contribution in [-0.2, 0) is 4.79 Å². The SMILES string of the molecule is Cl.O=C(CNCC1CC1)Nc1ccsc1. The number of amides is 1. The Bertz CT molecular complexity index is 298. The largest absolute Gasteiger partial charge is 0.324 e. The molecule has 0 aliphatic heterocycles. The summed E-state index contributed by atoms with van der Waals surface area (Å²) in [6.07, 6.45) is 2.64. The van der Waals surface area contributed by atoms with Crippen LogP contribution in [0.1, 0.15) is 12.8 Å². The smallest absolute Gasteiger partial charge is 0.238 e. The van der Waals surface area contributed by atoms with E-state index in [1.807, 2.05) is 16.8 Å². The van der Waals surface area contributed by atoms with Crippen LogP contribution in [0, 0.1) is 5.92 Å². The fourth-order valence-electron chi connectivity index (χ4n) is 1.25. The average Bonchev–Trinajstić information content (AvgIpc) is 2.83. The fraction of sp³-hybridized carbons (Fsp3) is 0.500. The lowest BCUT2D eigenvalue weighted by Gasteiger charge is -2.03. The van der Waals surface area contributed by atoms with Crippen LogP contribution in [0.4, 0.5) is 5.69 Å². The molecule has 2 N–H and O–H groups in total. The molecule has 0 radical (unpaired) electrons. The number of hydrogen-bond acceptors (Lipinski definition) is 3. The molecule has 0 atom stereocenters. The topological polar surface area (TPSA) is 41.1 Å². The third-order valence-electron chi connectivity index (χ3n) is 2.22. The molecule has 0 spiro atoms. The Labute approximate surface area is 99.7 Å². The van der Waals surface area contributed by atoms with E-state index in [1.54, 1.807) is 11.3 Å². The first-order valence-corrected chi connectivity index (χ1v) is 5.81. The van der Waals surface area contributed by atoms with Crippen molar-refractivity contribution in [2.24, 2.45) is 5.92 Å². The minimum atomic E-state index is 0. The summed E-state index contributed by atoms with van der Waals surface area (Å²) in [4.78, 5) is 11.3. The standard InChI is InChI=1S/C10H14N2OS.ClH/c13-10(6-11-5-8-1-2-8)12-9-3-4-14-7-9;/h3-4,7-8,11H,1-2,5-6H2,(H,12,13);1H. The van der Waals surface area contributed by atoms with Crippen molar-refractivity contribution in [3.8, 4) is 0 Å². The first-order valence-electron chi connectivity index (χ1n) is 4.87. The molecular formula is C10H15ClN2OS. The predicted molar refractivity (Wildman–Crippen MR) is 65.8 cm³/mol. The van der Waals surface area contributed by atoms with Gasteiger partial charge in [-0.3, -0.25) is 4.79 Å². The lowest BCUT2D eigenvalue weighted by atomic mass is 10.4. The number of carbonyl (C=O) groups is 1. The minimum absolute atomic E-state index is 0. The van der Waals surface area contributed by atoms with Gasteiger partial charge in [0.05, 0.1) is 12.2 Å². The molecule has 0 saturated heterocycles. The Kier molecular flexibility index (Phi) is 5.08. The molecule has 2 rings (SSSR count). The normalized spacial score (nSPS) is 14.4. The van der Waals surface area contributed by atoms with E-state index in [-0.39, 0.29) is 18.3 Å². The summed E-state index contributed by atoms with van der Waals surface area (Å²) in [6, 6.07) is 1.91. The van der Waals surface area contributed by atoms with Gasteiger partial charge in [-0.05, 0) is 36.8 Å². The molecule has 1 aliphatic carbocycles. The monoisotopic (exact) mass is 246 g/mol. The van der Waals surface area contributed by atoms with Gasteiger partial charge in [0.2, 0.25) is 5.91 Å². The maximum Gasteiger partial charge on any atom is 0.238 e. The zero-order chi connectivity index (χ0) is 9.80. The predicted octanol–water partition coefficient (Wildman–Crippen LogP) is 2.11. The van der Waals surface area contributed by atoms with Crippen molar-refractivity contribution in [3.05, 3.63) is 16.8 Å². The Hall–Kier alpha value is -0.580. The number of halogens is 1. The van der Waals surface area contributed by atoms with Crippen molar-refractivity contribution in [1.82, 2.24) is 5.32 Å². The Balaban J connectivity index is 0.00000112. The van der Waals surface area contributed by atoms with Crippen LogP contribution in [0.15, 0.2) is 16.8 Å². The molecule has 1 aromatic rings. The first-order chi connectivity index (χ1) is 6.84. The maximum atomic E-state index is 11.3. The van der Waals surface area contributed by atoms with Gasteiger partial charge in [0.25, 0.3) is 0 Å². The van der Waals surface area contributed by atoms with Crippen molar-refractivity contribution in [1.29, 1.82) is 0 Å². The number of thiophene rings is 1. The number of nitrogens with one attached hydrogen (secondary N) is 2. The Morgan fingerprint density at radius 1 is 1.53 bits per heavy atom. The third-order valence-corrected chi connectivity index (χ3v) is 2.90. The molecule has 1 fully saturated rings. The molecule has 1 aromatic heterocycles. The van der Waals surface area contributed by atoms with Crippen molar-refractivity contribution in [2.75, 3.05) is 18.4 Å². The summed E-state index contributed by atoms with van der Waals surface area (Å²) in [5, 5.41) is 9.86. The molecule has 3 nitrogen and oxygen atoms in total. The highest BCUT2D eigenvalue weighted by Crippen LogP contribution is 2.27. The van der Waals surface area contributed by atoms with Crippen molar-refractivity contribution >= 4 is 35.3 Å². The van der Waals surface area contributed by atoms with E-state index in [9.17, 15) is 4.79 Å². The van der Waals surface area contributed by atoms with Gasteiger partial charge in [-0.2, -0.15) is 11.3 Å². The summed E-state index contributed by atoms with van der Waals surface area (Å²) in [5.74, 6) is 0.869. The molecule has 0 aromatic carbocycles. The van der Waals surface area contributed by atoms with Crippen LogP contribution in [0.2, 0.25) is 0 Å². The van der Waals surface area contributed by atoms with Gasteiger partial charge < -0.3 is 10.6 Å². The minimum Gasteiger partial charge on any atom is -0.324 e. The lowest BCUT2D eigenvalue weighted by Crippen LogP contribution is -2.29. The van der Waals surface area contributed by atoms with Crippen LogP contribution in [0.5, 0.6) is 0 Å². The van der Waals surface area contributed by atoms with Gasteiger partial charge >= 0.3 is 0 Å². The van der Waals surface area contributed by atoms with E-state index in [2.05, 4.69) is 10.6 Å². The van der Waals surface area contributed by atoms with Crippen molar-refractivity contribution in [3.63, 3.8) is 0 Å². The van der Waals surface area contributed by atoms with Gasteiger partial charge in [0.1, 0.15) is 0 Å². The molecule has 1 amide bonds. The second-order valence-corrected chi connectivity index (χ2v) is 4.41. The van der Waals surface area contributed by atoms with Crippen LogP contribution < -0.4 is 10.6 Å². The van der Waals surface area contributed by atoms with E-state index >= 15 is 0 Å². The summed E-state index contributed by atoms with van der Waals surface area (Å²) in [7, 11) is 0. The zero-order valence-electron chi connectivity index (χ0n) is 8.36. The molecule has 15 heavy (non-hydrogen) atoms. The lowest BCUT2D eigenvalue weighted by molar-refractivity contribution is -0.115. The summed E-state index contributed by atoms with van der Waals surface area (Å²) < 4.78 is 0. The molecule has 5 heteroatoms. The van der Waals surface area contributed by atoms with Crippen LogP contribution in [0.25, 0.3) is 0 Å². The molecule has 1 heterocycles. The summed E-state index contributed by atoms with van der Waals surface area (Å²) in [6.45, 7) is 1.41. The molecular weight excluding hydrogens is 232 g/mol. The molecule has 1 aliphatic rings. The van der Waals surface area contributed by atoms with E-state index < -0.39 is 0 Å². The van der Waals surface area contributed by atoms with Crippen LogP contribution in [0.3, 0.4) is 0 Å². The number of anilines is 1. The van der Waals surface area contributed by atoms with E-state index in [4.69, 9.17) is 0 Å². The van der Waals surface area contributed by atoms with Gasteiger partial charge in [0.15, 0.2) is 0 Å². The van der Waals surface area contributed by atoms with E-state index in [0.29, 0.717) is 6.54 Å². The van der Waals surface area contributed by atoms with Crippen molar-refractivity contribution in [2.45, 2.75) is 12.8 Å². The van der Waals surface area contributed by atoms with Crippen LogP contribution >= 0.6 is 23.7 Å². The van der Waals surface area contributed by atoms with Crippen LogP contribution in [-0.4, -0.2) is 19.0 Å². The molecule has 0 bridgehead atoms. The summed E-state index contributed by atoms with van der Waals surface area (Å²) in [5.41, 5.74) is 0.897. The second kappa shape index (κ2) is 6.10. The molecule has 1 saturated carbocycles. The maximum absolute atomic E-state index is 11.3. The van der Waals surface area contributed by atoms with Gasteiger partial charge in [-0.25, -0.2) is 0 Å². The molecule has 0 unspecified atom stereocenters. The highest BCUT2D eigenvalue weighted by molar-refractivity contribution is 7.08. The van der Waals surface area contributed by atoms with Gasteiger partial charge in [0, 0.05) is 5.38 Å². The third kappa shape index (κ3) is 4.64. The number of carbonyl (C=O) groups excluding carboxylic acids is 1. The highest BCUT2D eigenvalue weighted by Gasteiger charge is 2.20. The summed E-state index contributed by atoms with van der Waals surface area (Å²) >= 11 is 1.59. The number of hydrogen-bond donors (Lipinski definition) is 2. The Morgan fingerprint density at radius 3 is 2.93 bits per heavy atom. The van der Waals surface area contributed by atoms with E-state index in [0.717, 1.165) is 18.2 Å². The zero-order valence-corrected chi connectivity index (χ0v) is 10.00. The van der Waals surface area contributed by atoms with Gasteiger partial charge in [-0.1, -0.05) is 0 Å². The van der Waals surface area contributed by atoms with E-state index in [1.165, 1.54) is 12.8 Å². The first kappa shape index (κ1) is 12.5. The van der Waals surface area contributed by atoms with Gasteiger partial charge in [-0.15, -0.1) is 12.4 Å². The van der Waals surface area contributed by atoms with Crippen molar-refractivity contribution < 1.29 is 4.79 Å². The molecule has 84 valence electrons. The second-order valence-electron chi connectivity index (χ2n) is 3.63. The Morgan fingerprint density at radius 2 is 2.33 bits per heavy atom.